The highest BCUT2D eigenvalue weighted by Gasteiger charge is 2.11. The van der Waals surface area contributed by atoms with E-state index in [1.807, 2.05) is 43.5 Å². The molecule has 0 unspecified atom stereocenters. The first kappa shape index (κ1) is 16.0. The number of hydrogen-bond donors (Lipinski definition) is 1. The molecular formula is C19H16N4S. The number of aromatic nitrogens is 3. The van der Waals surface area contributed by atoms with Gasteiger partial charge in [-0.05, 0) is 43.4 Å². The van der Waals surface area contributed by atoms with Crippen molar-refractivity contribution in [2.75, 3.05) is 12.0 Å². The van der Waals surface area contributed by atoms with Gasteiger partial charge in [-0.3, -0.25) is 0 Å². The number of nitrogens with zero attached hydrogens (tertiary/aromatic N) is 3. The molecule has 5 heteroatoms. The van der Waals surface area contributed by atoms with Gasteiger partial charge >= 0.3 is 0 Å². The molecule has 0 amide bonds. The Morgan fingerprint density at radius 2 is 1.79 bits per heavy atom. The highest BCUT2D eigenvalue weighted by molar-refractivity contribution is 7.98. The van der Waals surface area contributed by atoms with Crippen LogP contribution in [0.5, 0.6) is 0 Å². The molecule has 0 spiro atoms. The lowest BCUT2D eigenvalue weighted by Gasteiger charge is -2.08. The quantitative estimate of drug-likeness (QED) is 0.574. The van der Waals surface area contributed by atoms with Crippen molar-refractivity contribution in [2.45, 2.75) is 11.8 Å². The molecule has 0 aliphatic rings. The predicted molar refractivity (Wildman–Crippen MR) is 98.6 cm³/mol. The van der Waals surface area contributed by atoms with Crippen LogP contribution in [0.3, 0.4) is 0 Å². The molecule has 0 atom stereocenters. The van der Waals surface area contributed by atoms with Crippen molar-refractivity contribution in [2.24, 2.45) is 0 Å². The molecule has 4 nitrogen and oxygen atoms in total. The maximum Gasteiger partial charge on any atom is 0.220 e. The van der Waals surface area contributed by atoms with Crippen molar-refractivity contribution in [3.63, 3.8) is 0 Å². The molecule has 2 aromatic heterocycles. The number of thioether (sulfide) groups is 1. The van der Waals surface area contributed by atoms with E-state index in [2.05, 4.69) is 38.9 Å². The Morgan fingerprint density at radius 1 is 1.00 bits per heavy atom. The van der Waals surface area contributed by atoms with Crippen LogP contribution >= 0.6 is 11.8 Å². The Bertz CT molecular complexity index is 910. The minimum Gasteiger partial charge on any atom is -0.368 e. The van der Waals surface area contributed by atoms with Gasteiger partial charge in [-0.2, -0.15) is 0 Å². The molecule has 1 aromatic carbocycles. The summed E-state index contributed by atoms with van der Waals surface area (Å²) in [5, 5.41) is 0. The van der Waals surface area contributed by atoms with Gasteiger partial charge in [-0.15, -0.1) is 11.8 Å². The summed E-state index contributed by atoms with van der Waals surface area (Å²) < 4.78 is 0. The van der Waals surface area contributed by atoms with E-state index in [-0.39, 0.29) is 5.95 Å². The summed E-state index contributed by atoms with van der Waals surface area (Å²) in [6, 6.07) is 13.8. The first-order valence-electron chi connectivity index (χ1n) is 7.39. The van der Waals surface area contributed by atoms with Crippen LogP contribution in [0.1, 0.15) is 17.0 Å². The monoisotopic (exact) mass is 332 g/mol. The number of rotatable bonds is 2. The molecule has 0 saturated carbocycles. The van der Waals surface area contributed by atoms with Crippen molar-refractivity contribution in [1.29, 1.82) is 0 Å². The zero-order valence-electron chi connectivity index (χ0n) is 13.4. The lowest BCUT2D eigenvalue weighted by Crippen LogP contribution is -2.02. The van der Waals surface area contributed by atoms with Crippen LogP contribution in [0, 0.1) is 18.8 Å². The van der Waals surface area contributed by atoms with E-state index < -0.39 is 0 Å². The highest BCUT2D eigenvalue weighted by Crippen LogP contribution is 2.26. The van der Waals surface area contributed by atoms with Crippen LogP contribution in [-0.4, -0.2) is 21.2 Å². The van der Waals surface area contributed by atoms with Crippen LogP contribution < -0.4 is 5.73 Å². The summed E-state index contributed by atoms with van der Waals surface area (Å²) in [6.07, 6.45) is 3.77. The largest absolute Gasteiger partial charge is 0.368 e. The Kier molecular flexibility index (Phi) is 4.78. The third-order valence-electron chi connectivity index (χ3n) is 3.45. The number of benzene rings is 1. The summed E-state index contributed by atoms with van der Waals surface area (Å²) in [5.41, 5.74) is 9.79. The second-order valence-electron chi connectivity index (χ2n) is 5.08. The van der Waals surface area contributed by atoms with Gasteiger partial charge in [0.1, 0.15) is 5.69 Å². The van der Waals surface area contributed by atoms with Crippen LogP contribution in [0.2, 0.25) is 0 Å². The molecule has 0 aliphatic heterocycles. The number of hydrogen-bond acceptors (Lipinski definition) is 5. The maximum atomic E-state index is 5.84. The molecule has 0 radical (unpaired) electrons. The molecule has 0 aliphatic carbocycles. The van der Waals surface area contributed by atoms with Crippen LogP contribution in [0.25, 0.3) is 11.3 Å². The zero-order valence-corrected chi connectivity index (χ0v) is 14.3. The number of nitrogen functional groups attached to an aromatic ring is 1. The normalized spacial score (nSPS) is 10.1. The van der Waals surface area contributed by atoms with E-state index in [1.54, 1.807) is 18.0 Å². The van der Waals surface area contributed by atoms with E-state index in [4.69, 9.17) is 5.73 Å². The fourth-order valence-corrected chi connectivity index (χ4v) is 2.67. The topological polar surface area (TPSA) is 64.7 Å². The van der Waals surface area contributed by atoms with Crippen molar-refractivity contribution < 1.29 is 0 Å². The minimum absolute atomic E-state index is 0.250. The van der Waals surface area contributed by atoms with E-state index in [9.17, 15) is 0 Å². The zero-order chi connectivity index (χ0) is 16.9. The van der Waals surface area contributed by atoms with Gasteiger partial charge < -0.3 is 5.73 Å². The maximum absolute atomic E-state index is 5.84. The van der Waals surface area contributed by atoms with Gasteiger partial charge in [-0.1, -0.05) is 24.1 Å². The SMILES string of the molecule is CSc1ccc(-c2nc(N)nc(C)c2C#Cc2ccccn2)cc1. The Balaban J connectivity index is 2.10. The van der Waals surface area contributed by atoms with E-state index in [1.165, 1.54) is 4.90 Å². The van der Waals surface area contributed by atoms with E-state index in [0.29, 0.717) is 5.69 Å². The van der Waals surface area contributed by atoms with Gasteiger partial charge in [-0.25, -0.2) is 15.0 Å². The molecule has 0 fully saturated rings. The second-order valence-corrected chi connectivity index (χ2v) is 5.96. The summed E-state index contributed by atoms with van der Waals surface area (Å²) in [5.74, 6) is 6.47. The lowest BCUT2D eigenvalue weighted by molar-refractivity contribution is 1.11. The molecule has 118 valence electrons. The standard InChI is InChI=1S/C19H16N4S/c1-13-17(11-8-15-5-3-4-12-21-15)18(23-19(20)22-13)14-6-9-16(24-2)10-7-14/h3-7,9-10,12H,1-2H3,(H2,20,22,23). The van der Waals surface area contributed by atoms with Gasteiger partial charge in [0.25, 0.3) is 0 Å². The Hall–Kier alpha value is -2.84. The third-order valence-corrected chi connectivity index (χ3v) is 4.19. The van der Waals surface area contributed by atoms with Crippen LogP contribution in [0.15, 0.2) is 53.6 Å². The highest BCUT2D eigenvalue weighted by atomic mass is 32.2. The van der Waals surface area contributed by atoms with Gasteiger partial charge in [0.05, 0.1) is 17.0 Å². The number of aryl methyl sites for hydroxylation is 1. The van der Waals surface area contributed by atoms with E-state index >= 15 is 0 Å². The summed E-state index contributed by atoms with van der Waals surface area (Å²) in [7, 11) is 0. The summed E-state index contributed by atoms with van der Waals surface area (Å²) >= 11 is 1.70. The number of nitrogens with two attached hydrogens (primary N) is 1. The second kappa shape index (κ2) is 7.16. The summed E-state index contributed by atoms with van der Waals surface area (Å²) in [6.45, 7) is 1.89. The van der Waals surface area contributed by atoms with Crippen molar-refractivity contribution >= 4 is 17.7 Å². The Labute approximate surface area is 145 Å². The van der Waals surface area contributed by atoms with Crippen molar-refractivity contribution in [3.05, 3.63) is 65.6 Å². The number of anilines is 1. The fourth-order valence-electron chi connectivity index (χ4n) is 2.27. The fraction of sp³-hybridized carbons (Fsp3) is 0.105. The smallest absolute Gasteiger partial charge is 0.220 e. The lowest BCUT2D eigenvalue weighted by atomic mass is 10.0. The van der Waals surface area contributed by atoms with Gasteiger partial charge in [0.2, 0.25) is 5.95 Å². The molecule has 24 heavy (non-hydrogen) atoms. The van der Waals surface area contributed by atoms with Crippen molar-refractivity contribution in [1.82, 2.24) is 15.0 Å². The Morgan fingerprint density at radius 3 is 2.46 bits per heavy atom. The van der Waals surface area contributed by atoms with Gasteiger partial charge in [0.15, 0.2) is 0 Å². The molecule has 0 saturated heterocycles. The third kappa shape index (κ3) is 3.55. The van der Waals surface area contributed by atoms with Crippen molar-refractivity contribution in [3.8, 4) is 23.1 Å². The summed E-state index contributed by atoms with van der Waals surface area (Å²) in [4.78, 5) is 14.1. The first-order chi connectivity index (χ1) is 11.7. The first-order valence-corrected chi connectivity index (χ1v) is 8.61. The van der Waals surface area contributed by atoms with Crippen LogP contribution in [0.4, 0.5) is 5.95 Å². The molecular weight excluding hydrogens is 316 g/mol. The molecule has 2 N–H and O–H groups in total. The molecule has 3 rings (SSSR count). The van der Waals surface area contributed by atoms with Gasteiger partial charge in [0, 0.05) is 16.7 Å². The molecule has 3 aromatic rings. The van der Waals surface area contributed by atoms with E-state index in [0.717, 1.165) is 22.5 Å². The molecule has 0 bridgehead atoms. The minimum atomic E-state index is 0.250. The van der Waals surface area contributed by atoms with Crippen LogP contribution in [-0.2, 0) is 0 Å². The number of pyridine rings is 1. The average molecular weight is 332 g/mol. The molecule has 2 heterocycles. The average Bonchev–Trinajstić information content (AvgIpc) is 2.61. The predicted octanol–water partition coefficient (Wildman–Crippen LogP) is 3.55.